The summed E-state index contributed by atoms with van der Waals surface area (Å²) < 4.78 is 4.69. The van der Waals surface area contributed by atoms with Crippen molar-refractivity contribution in [1.29, 1.82) is 0 Å². The number of anilines is 2. The first-order valence-corrected chi connectivity index (χ1v) is 6.66. The number of ether oxygens (including phenoxy) is 1. The molecule has 2 aromatic rings. The summed E-state index contributed by atoms with van der Waals surface area (Å²) in [5.41, 5.74) is 3.86. The van der Waals surface area contributed by atoms with Gasteiger partial charge in [-0.2, -0.15) is 0 Å². The van der Waals surface area contributed by atoms with E-state index in [2.05, 4.69) is 36.0 Å². The zero-order valence-electron chi connectivity index (χ0n) is 12.0. The molecule has 0 radical (unpaired) electrons. The lowest BCUT2D eigenvalue weighted by molar-refractivity contribution is 0.0601. The highest BCUT2D eigenvalue weighted by molar-refractivity contribution is 5.89. The summed E-state index contributed by atoms with van der Waals surface area (Å²) in [4.78, 5) is 11.4. The number of rotatable bonds is 4. The van der Waals surface area contributed by atoms with Gasteiger partial charge in [0.05, 0.1) is 12.7 Å². The Hall–Kier alpha value is -2.29. The largest absolute Gasteiger partial charge is 0.465 e. The fourth-order valence-corrected chi connectivity index (χ4v) is 2.08. The molecule has 3 heteroatoms. The maximum atomic E-state index is 11.4. The van der Waals surface area contributed by atoms with Crippen LogP contribution in [-0.2, 0) is 4.74 Å². The summed E-state index contributed by atoms with van der Waals surface area (Å²) in [5.74, 6) is 0.132. The molecular weight excluding hydrogens is 250 g/mol. The van der Waals surface area contributed by atoms with Crippen LogP contribution in [-0.4, -0.2) is 13.1 Å². The van der Waals surface area contributed by atoms with Crippen molar-refractivity contribution in [3.63, 3.8) is 0 Å². The van der Waals surface area contributed by atoms with E-state index in [1.165, 1.54) is 12.7 Å². The monoisotopic (exact) mass is 269 g/mol. The van der Waals surface area contributed by atoms with Crippen LogP contribution >= 0.6 is 0 Å². The summed E-state index contributed by atoms with van der Waals surface area (Å²) in [7, 11) is 1.38. The molecule has 2 rings (SSSR count). The molecule has 3 nitrogen and oxygen atoms in total. The number of benzene rings is 2. The van der Waals surface area contributed by atoms with Gasteiger partial charge in [0.2, 0.25) is 0 Å². The number of carbonyl (C=O) groups excluding carboxylic acids is 1. The molecule has 104 valence electrons. The van der Waals surface area contributed by atoms with Crippen molar-refractivity contribution >= 4 is 17.3 Å². The number of methoxy groups -OCH3 is 1. The predicted molar refractivity (Wildman–Crippen MR) is 81.6 cm³/mol. The highest BCUT2D eigenvalue weighted by Crippen LogP contribution is 2.26. The molecule has 0 saturated carbocycles. The lowest BCUT2D eigenvalue weighted by Gasteiger charge is -2.14. The first-order valence-electron chi connectivity index (χ1n) is 6.66. The van der Waals surface area contributed by atoms with Crippen molar-refractivity contribution in [3.8, 4) is 0 Å². The third kappa shape index (κ3) is 3.18. The molecule has 0 fully saturated rings. The Morgan fingerprint density at radius 1 is 1.05 bits per heavy atom. The molecule has 0 atom stereocenters. The van der Waals surface area contributed by atoms with Crippen LogP contribution in [0.3, 0.4) is 0 Å². The smallest absolute Gasteiger partial charge is 0.337 e. The van der Waals surface area contributed by atoms with E-state index in [9.17, 15) is 4.79 Å². The van der Waals surface area contributed by atoms with Crippen LogP contribution in [0.5, 0.6) is 0 Å². The lowest BCUT2D eigenvalue weighted by atomic mass is 10.0. The third-order valence-electron chi connectivity index (χ3n) is 3.17. The first kappa shape index (κ1) is 14.1. The Labute approximate surface area is 119 Å². The van der Waals surface area contributed by atoms with Gasteiger partial charge in [-0.1, -0.05) is 32.0 Å². The van der Waals surface area contributed by atoms with Gasteiger partial charge in [0.15, 0.2) is 0 Å². The van der Waals surface area contributed by atoms with Gasteiger partial charge in [0, 0.05) is 11.4 Å². The maximum absolute atomic E-state index is 11.4. The van der Waals surface area contributed by atoms with Gasteiger partial charge in [-0.3, -0.25) is 0 Å². The number of hydrogen-bond donors (Lipinski definition) is 1. The van der Waals surface area contributed by atoms with E-state index >= 15 is 0 Å². The molecule has 1 N–H and O–H groups in total. The Kier molecular flexibility index (Phi) is 4.41. The minimum atomic E-state index is -0.320. The minimum absolute atomic E-state index is 0.320. The molecule has 20 heavy (non-hydrogen) atoms. The van der Waals surface area contributed by atoms with Crippen molar-refractivity contribution in [1.82, 2.24) is 0 Å². The average molecular weight is 269 g/mol. The molecule has 0 aromatic heterocycles. The van der Waals surface area contributed by atoms with Crippen molar-refractivity contribution < 1.29 is 9.53 Å². The zero-order chi connectivity index (χ0) is 14.5. The van der Waals surface area contributed by atoms with Crippen LogP contribution in [0.2, 0.25) is 0 Å². The average Bonchev–Trinajstić information content (AvgIpc) is 2.47. The van der Waals surface area contributed by atoms with Crippen LogP contribution in [0.4, 0.5) is 11.4 Å². The van der Waals surface area contributed by atoms with E-state index in [4.69, 9.17) is 0 Å². The van der Waals surface area contributed by atoms with Gasteiger partial charge in [-0.15, -0.1) is 0 Å². The lowest BCUT2D eigenvalue weighted by Crippen LogP contribution is -2.01. The molecule has 0 amide bonds. The molecule has 2 aromatic carbocycles. The van der Waals surface area contributed by atoms with Crippen molar-refractivity contribution in [2.24, 2.45) is 0 Å². The van der Waals surface area contributed by atoms with Crippen LogP contribution < -0.4 is 5.32 Å². The third-order valence-corrected chi connectivity index (χ3v) is 3.17. The van der Waals surface area contributed by atoms with E-state index in [1.54, 1.807) is 12.1 Å². The van der Waals surface area contributed by atoms with Gasteiger partial charge in [-0.25, -0.2) is 4.79 Å². The number of esters is 1. The van der Waals surface area contributed by atoms with E-state index in [-0.39, 0.29) is 5.97 Å². The molecular formula is C17H19NO2. The van der Waals surface area contributed by atoms with E-state index in [0.29, 0.717) is 11.5 Å². The second-order valence-electron chi connectivity index (χ2n) is 4.94. The number of hydrogen-bond acceptors (Lipinski definition) is 3. The Morgan fingerprint density at radius 2 is 1.70 bits per heavy atom. The molecule has 0 aliphatic carbocycles. The quantitative estimate of drug-likeness (QED) is 0.839. The Balaban J connectivity index is 2.20. The van der Waals surface area contributed by atoms with E-state index < -0.39 is 0 Å². The molecule has 0 heterocycles. The van der Waals surface area contributed by atoms with Gasteiger partial charge in [0.25, 0.3) is 0 Å². The molecule has 0 bridgehead atoms. The maximum Gasteiger partial charge on any atom is 0.337 e. The fourth-order valence-electron chi connectivity index (χ4n) is 2.08. The van der Waals surface area contributed by atoms with Crippen molar-refractivity contribution in [2.75, 3.05) is 12.4 Å². The SMILES string of the molecule is COC(=O)c1ccc(Nc2ccccc2C(C)C)cc1. The standard InChI is InChI=1S/C17H19NO2/c1-12(2)15-6-4-5-7-16(15)18-14-10-8-13(9-11-14)17(19)20-3/h4-12,18H,1-3H3. The summed E-state index contributed by atoms with van der Waals surface area (Å²) in [6.07, 6.45) is 0. The predicted octanol–water partition coefficient (Wildman–Crippen LogP) is 4.34. The number of nitrogens with one attached hydrogen (secondary N) is 1. The first-order chi connectivity index (χ1) is 9.61. The molecule has 0 spiro atoms. The highest BCUT2D eigenvalue weighted by Gasteiger charge is 2.07. The summed E-state index contributed by atoms with van der Waals surface area (Å²) in [6.45, 7) is 4.34. The van der Waals surface area contributed by atoms with Crippen LogP contribution in [0.25, 0.3) is 0 Å². The summed E-state index contributed by atoms with van der Waals surface area (Å²) in [6, 6.07) is 15.5. The zero-order valence-corrected chi connectivity index (χ0v) is 12.0. The van der Waals surface area contributed by atoms with Crippen molar-refractivity contribution in [2.45, 2.75) is 19.8 Å². The van der Waals surface area contributed by atoms with Crippen LogP contribution in [0.15, 0.2) is 48.5 Å². The van der Waals surface area contributed by atoms with Gasteiger partial charge in [0.1, 0.15) is 0 Å². The van der Waals surface area contributed by atoms with Crippen LogP contribution in [0.1, 0.15) is 35.7 Å². The summed E-state index contributed by atoms with van der Waals surface area (Å²) in [5, 5.41) is 3.39. The second-order valence-corrected chi connectivity index (χ2v) is 4.94. The van der Waals surface area contributed by atoms with E-state index in [1.807, 2.05) is 24.3 Å². The van der Waals surface area contributed by atoms with Gasteiger partial charge in [-0.05, 0) is 41.8 Å². The Morgan fingerprint density at radius 3 is 2.30 bits per heavy atom. The molecule has 0 unspecified atom stereocenters. The fraction of sp³-hybridized carbons (Fsp3) is 0.235. The summed E-state index contributed by atoms with van der Waals surface area (Å²) >= 11 is 0. The molecule has 0 aliphatic heterocycles. The van der Waals surface area contributed by atoms with Crippen LogP contribution in [0, 0.1) is 0 Å². The second kappa shape index (κ2) is 6.24. The minimum Gasteiger partial charge on any atom is -0.465 e. The Bertz CT molecular complexity index is 588. The topological polar surface area (TPSA) is 38.3 Å². The van der Waals surface area contributed by atoms with Gasteiger partial charge >= 0.3 is 5.97 Å². The number of carbonyl (C=O) groups is 1. The van der Waals surface area contributed by atoms with Crippen molar-refractivity contribution in [3.05, 3.63) is 59.7 Å². The molecule has 0 aliphatic rings. The normalized spacial score (nSPS) is 10.4. The number of para-hydroxylation sites is 1. The van der Waals surface area contributed by atoms with Gasteiger partial charge < -0.3 is 10.1 Å². The molecule has 0 saturated heterocycles. The van der Waals surface area contributed by atoms with E-state index in [0.717, 1.165) is 11.4 Å². The highest BCUT2D eigenvalue weighted by atomic mass is 16.5.